The Morgan fingerprint density at radius 2 is 1.95 bits per heavy atom. The molecule has 4 unspecified atom stereocenters. The lowest BCUT2D eigenvalue weighted by Crippen LogP contribution is -2.43. The lowest BCUT2D eigenvalue weighted by Gasteiger charge is -2.15. The van der Waals surface area contributed by atoms with Crippen molar-refractivity contribution in [2.75, 3.05) is 19.8 Å². The number of carboxylic acids is 1. The second kappa shape index (κ2) is 6.21. The highest BCUT2D eigenvalue weighted by atomic mass is 16.5. The van der Waals surface area contributed by atoms with Gasteiger partial charge in [-0.25, -0.2) is 0 Å². The molecule has 4 atom stereocenters. The number of nitrogens with one attached hydrogen (secondary N) is 2. The summed E-state index contributed by atoms with van der Waals surface area (Å²) in [5.41, 5.74) is 0. The van der Waals surface area contributed by atoms with Crippen molar-refractivity contribution in [2.24, 2.45) is 17.8 Å². The van der Waals surface area contributed by atoms with Crippen molar-refractivity contribution in [3.05, 3.63) is 0 Å². The summed E-state index contributed by atoms with van der Waals surface area (Å²) in [6.45, 7) is 2.63. The molecule has 0 spiro atoms. The van der Waals surface area contributed by atoms with E-state index >= 15 is 0 Å². The van der Waals surface area contributed by atoms with Gasteiger partial charge in [0.1, 0.15) is 5.92 Å². The summed E-state index contributed by atoms with van der Waals surface area (Å²) in [4.78, 5) is 34.2. The predicted octanol–water partition coefficient (Wildman–Crippen LogP) is -0.635. The number of aliphatic carboxylic acids is 1. The van der Waals surface area contributed by atoms with Crippen LogP contribution in [0.3, 0.4) is 0 Å². The quantitative estimate of drug-likeness (QED) is 0.602. The number of carbonyl (C=O) groups excluding carboxylic acids is 2. The van der Waals surface area contributed by atoms with Crippen molar-refractivity contribution in [1.29, 1.82) is 0 Å². The molecule has 3 N–H and O–H groups in total. The first-order valence-corrected chi connectivity index (χ1v) is 6.86. The van der Waals surface area contributed by atoms with E-state index in [9.17, 15) is 14.4 Å². The molecule has 2 amide bonds. The van der Waals surface area contributed by atoms with Gasteiger partial charge in [0.25, 0.3) is 0 Å². The predicted molar refractivity (Wildman–Crippen MR) is 68.8 cm³/mol. The van der Waals surface area contributed by atoms with Gasteiger partial charge in [-0.3, -0.25) is 14.4 Å². The van der Waals surface area contributed by atoms with Crippen molar-refractivity contribution in [3.8, 4) is 0 Å². The molecule has 2 aliphatic rings. The number of rotatable bonds is 6. The average molecular weight is 284 g/mol. The molecule has 1 aliphatic carbocycles. The zero-order chi connectivity index (χ0) is 14.7. The molecule has 0 bridgehead atoms. The Balaban J connectivity index is 1.65. The molecule has 1 saturated heterocycles. The largest absolute Gasteiger partial charge is 0.481 e. The van der Waals surface area contributed by atoms with E-state index in [1.165, 1.54) is 0 Å². The Bertz CT molecular complexity index is 412. The minimum absolute atomic E-state index is 0.00193. The van der Waals surface area contributed by atoms with Crippen LogP contribution in [0, 0.1) is 17.8 Å². The van der Waals surface area contributed by atoms with Crippen molar-refractivity contribution in [1.82, 2.24) is 10.6 Å². The van der Waals surface area contributed by atoms with Crippen LogP contribution in [0.2, 0.25) is 0 Å². The summed E-state index contributed by atoms with van der Waals surface area (Å²) in [6, 6.07) is -0.487. The molecular formula is C13H20N2O5. The van der Waals surface area contributed by atoms with E-state index in [4.69, 9.17) is 9.84 Å². The molecule has 1 saturated carbocycles. The van der Waals surface area contributed by atoms with Gasteiger partial charge >= 0.3 is 5.97 Å². The molecule has 2 fully saturated rings. The zero-order valence-corrected chi connectivity index (χ0v) is 11.4. The third-order valence-electron chi connectivity index (χ3n) is 3.84. The Morgan fingerprint density at radius 1 is 1.25 bits per heavy atom. The van der Waals surface area contributed by atoms with E-state index < -0.39 is 17.9 Å². The van der Waals surface area contributed by atoms with E-state index in [1.807, 2.05) is 6.92 Å². The highest BCUT2D eigenvalue weighted by molar-refractivity contribution is 5.82. The Hall–Kier alpha value is -1.63. The maximum Gasteiger partial charge on any atom is 0.311 e. The highest BCUT2D eigenvalue weighted by Gasteiger charge is 2.39. The number of hydrogen-bond acceptors (Lipinski definition) is 4. The van der Waals surface area contributed by atoms with E-state index in [0.29, 0.717) is 5.92 Å². The molecule has 0 aromatic rings. The van der Waals surface area contributed by atoms with Gasteiger partial charge in [0.05, 0.1) is 19.3 Å². The summed E-state index contributed by atoms with van der Waals surface area (Å²) in [6.07, 6.45) is 1.06. The highest BCUT2D eigenvalue weighted by Crippen LogP contribution is 2.37. The van der Waals surface area contributed by atoms with Gasteiger partial charge in [-0.2, -0.15) is 0 Å². The van der Waals surface area contributed by atoms with Gasteiger partial charge in [-0.1, -0.05) is 6.92 Å². The van der Waals surface area contributed by atoms with Crippen molar-refractivity contribution >= 4 is 17.8 Å². The number of carboxylic acid groups (broad SMARTS) is 1. The van der Waals surface area contributed by atoms with Gasteiger partial charge < -0.3 is 20.5 Å². The van der Waals surface area contributed by atoms with Gasteiger partial charge in [0, 0.05) is 18.9 Å². The number of carbonyl (C=O) groups is 3. The smallest absolute Gasteiger partial charge is 0.311 e. The van der Waals surface area contributed by atoms with Crippen LogP contribution in [0.4, 0.5) is 0 Å². The van der Waals surface area contributed by atoms with E-state index in [2.05, 4.69) is 10.6 Å². The number of ether oxygens (including phenoxy) is 1. The van der Waals surface area contributed by atoms with Crippen molar-refractivity contribution in [2.45, 2.75) is 25.8 Å². The molecule has 0 aromatic carbocycles. The summed E-state index contributed by atoms with van der Waals surface area (Å²) in [5, 5.41) is 14.3. The Kier molecular flexibility index (Phi) is 4.59. The summed E-state index contributed by atoms with van der Waals surface area (Å²) >= 11 is 0. The van der Waals surface area contributed by atoms with Crippen LogP contribution in [-0.2, 0) is 19.1 Å². The summed E-state index contributed by atoms with van der Waals surface area (Å²) < 4.78 is 5.06. The minimum Gasteiger partial charge on any atom is -0.481 e. The molecule has 0 radical (unpaired) electrons. The third kappa shape index (κ3) is 3.69. The van der Waals surface area contributed by atoms with Crippen LogP contribution in [0.1, 0.15) is 19.8 Å². The van der Waals surface area contributed by atoms with Crippen LogP contribution >= 0.6 is 0 Å². The van der Waals surface area contributed by atoms with Crippen LogP contribution in [0.25, 0.3) is 0 Å². The summed E-state index contributed by atoms with van der Waals surface area (Å²) in [5.74, 6) is -1.40. The third-order valence-corrected chi connectivity index (χ3v) is 3.84. The topological polar surface area (TPSA) is 105 Å². The van der Waals surface area contributed by atoms with Gasteiger partial charge in [-0.05, 0) is 12.3 Å². The monoisotopic (exact) mass is 284 g/mol. The first kappa shape index (κ1) is 14.8. The van der Waals surface area contributed by atoms with Crippen LogP contribution in [0.15, 0.2) is 0 Å². The van der Waals surface area contributed by atoms with Crippen LogP contribution in [-0.4, -0.2) is 48.7 Å². The van der Waals surface area contributed by atoms with E-state index in [-0.39, 0.29) is 43.9 Å². The van der Waals surface area contributed by atoms with Crippen LogP contribution in [0.5, 0.6) is 0 Å². The molecule has 1 aliphatic heterocycles. The fourth-order valence-electron chi connectivity index (χ4n) is 2.34. The first-order valence-electron chi connectivity index (χ1n) is 6.86. The lowest BCUT2D eigenvalue weighted by atomic mass is 10.0. The fraction of sp³-hybridized carbons (Fsp3) is 0.769. The molecular weight excluding hydrogens is 264 g/mol. The van der Waals surface area contributed by atoms with Gasteiger partial charge in [-0.15, -0.1) is 0 Å². The molecule has 7 nitrogen and oxygen atoms in total. The van der Waals surface area contributed by atoms with Gasteiger partial charge in [0.2, 0.25) is 11.8 Å². The standard InChI is InChI=1S/C13H20N2O5/c1-7-4-8(7)12(17)14-3-2-11(16)15-10-6-20-5-9(10)13(18)19/h7-10H,2-6H2,1H3,(H,14,17)(H,15,16)(H,18,19). The van der Waals surface area contributed by atoms with E-state index in [0.717, 1.165) is 6.42 Å². The maximum absolute atomic E-state index is 11.7. The minimum atomic E-state index is -0.969. The fourth-order valence-corrected chi connectivity index (χ4v) is 2.34. The molecule has 7 heteroatoms. The Morgan fingerprint density at radius 3 is 2.55 bits per heavy atom. The SMILES string of the molecule is CC1CC1C(=O)NCCC(=O)NC1COCC1C(=O)O. The van der Waals surface area contributed by atoms with Crippen LogP contribution < -0.4 is 10.6 Å². The van der Waals surface area contributed by atoms with Crippen molar-refractivity contribution < 1.29 is 24.2 Å². The molecule has 112 valence electrons. The molecule has 2 rings (SSSR count). The first-order chi connectivity index (χ1) is 9.49. The van der Waals surface area contributed by atoms with Gasteiger partial charge in [0.15, 0.2) is 0 Å². The second-order valence-corrected chi connectivity index (χ2v) is 5.52. The molecule has 0 aromatic heterocycles. The van der Waals surface area contributed by atoms with Crippen molar-refractivity contribution in [3.63, 3.8) is 0 Å². The molecule has 20 heavy (non-hydrogen) atoms. The van der Waals surface area contributed by atoms with E-state index in [1.54, 1.807) is 0 Å². The molecule has 1 heterocycles. The average Bonchev–Trinajstić information content (AvgIpc) is 2.92. The Labute approximate surface area is 117 Å². The number of hydrogen-bond donors (Lipinski definition) is 3. The normalized spacial score (nSPS) is 31.6. The summed E-state index contributed by atoms with van der Waals surface area (Å²) in [7, 11) is 0. The maximum atomic E-state index is 11.7. The zero-order valence-electron chi connectivity index (χ0n) is 11.4. The second-order valence-electron chi connectivity index (χ2n) is 5.52. The lowest BCUT2D eigenvalue weighted by molar-refractivity contribution is -0.142. The number of amides is 2.